The molecule has 16 heavy (non-hydrogen) atoms. The van der Waals surface area contributed by atoms with Gasteiger partial charge in [0.05, 0.1) is 5.69 Å². The number of nitrogens with zero attached hydrogens (tertiary/aromatic N) is 2. The van der Waals surface area contributed by atoms with Gasteiger partial charge in [0, 0.05) is 19.3 Å². The number of aromatic nitrogens is 1. The van der Waals surface area contributed by atoms with Crippen molar-refractivity contribution in [2.75, 3.05) is 13.6 Å². The minimum Gasteiger partial charge on any atom is -0.326 e. The summed E-state index contributed by atoms with van der Waals surface area (Å²) in [6.45, 7) is 4.87. The van der Waals surface area contributed by atoms with Crippen molar-refractivity contribution >= 4 is 0 Å². The molecule has 0 unspecified atom stereocenters. The van der Waals surface area contributed by atoms with Crippen molar-refractivity contribution in [3.05, 3.63) is 29.6 Å². The van der Waals surface area contributed by atoms with Crippen molar-refractivity contribution in [1.82, 2.24) is 9.88 Å². The molecule has 1 aromatic heterocycles. The van der Waals surface area contributed by atoms with E-state index in [1.54, 1.807) is 0 Å². The summed E-state index contributed by atoms with van der Waals surface area (Å²) in [6, 6.07) is 4.13. The highest BCUT2D eigenvalue weighted by Crippen LogP contribution is 2.04. The Balaban J connectivity index is 2.34. The van der Waals surface area contributed by atoms with Gasteiger partial charge in [-0.15, -0.1) is 0 Å². The Morgan fingerprint density at radius 3 is 2.69 bits per heavy atom. The average Bonchev–Trinajstić information content (AvgIpc) is 2.30. The van der Waals surface area contributed by atoms with E-state index in [4.69, 9.17) is 5.73 Å². The van der Waals surface area contributed by atoms with E-state index in [0.29, 0.717) is 6.54 Å². The summed E-state index contributed by atoms with van der Waals surface area (Å²) in [5, 5.41) is 0. The Kier molecular flexibility index (Phi) is 6.04. The molecule has 3 nitrogen and oxygen atoms in total. The number of nitrogens with two attached hydrogens (primary N) is 1. The molecular formula is C13H23N3. The monoisotopic (exact) mass is 221 g/mol. The smallest absolute Gasteiger partial charge is 0.0544 e. The van der Waals surface area contributed by atoms with E-state index in [0.717, 1.165) is 24.3 Å². The van der Waals surface area contributed by atoms with Gasteiger partial charge in [-0.3, -0.25) is 4.98 Å². The molecule has 0 aliphatic heterocycles. The lowest BCUT2D eigenvalue weighted by Gasteiger charge is -2.15. The van der Waals surface area contributed by atoms with Gasteiger partial charge in [0.1, 0.15) is 0 Å². The standard InChI is InChI=1S/C13H23N3/c1-3-4-5-8-16(2)11-13-7-6-12(9-14)10-15-13/h6-7,10H,3-5,8-9,11,14H2,1-2H3. The van der Waals surface area contributed by atoms with Gasteiger partial charge in [-0.05, 0) is 31.6 Å². The van der Waals surface area contributed by atoms with Crippen LogP contribution in [0.1, 0.15) is 37.4 Å². The van der Waals surface area contributed by atoms with Crippen LogP contribution in [-0.4, -0.2) is 23.5 Å². The molecule has 0 amide bonds. The molecule has 0 spiro atoms. The van der Waals surface area contributed by atoms with Gasteiger partial charge >= 0.3 is 0 Å². The second kappa shape index (κ2) is 7.36. The summed E-state index contributed by atoms with van der Waals surface area (Å²) in [5.74, 6) is 0. The fraction of sp³-hybridized carbons (Fsp3) is 0.615. The molecule has 1 aromatic rings. The second-order valence-electron chi connectivity index (χ2n) is 4.31. The van der Waals surface area contributed by atoms with E-state index in [9.17, 15) is 0 Å². The molecule has 90 valence electrons. The minimum absolute atomic E-state index is 0.569. The SMILES string of the molecule is CCCCCN(C)Cc1ccc(CN)cn1. The van der Waals surface area contributed by atoms with Crippen molar-refractivity contribution < 1.29 is 0 Å². The van der Waals surface area contributed by atoms with Crippen LogP contribution >= 0.6 is 0 Å². The van der Waals surface area contributed by atoms with Crippen LogP contribution in [-0.2, 0) is 13.1 Å². The van der Waals surface area contributed by atoms with E-state index < -0.39 is 0 Å². The minimum atomic E-state index is 0.569. The Morgan fingerprint density at radius 2 is 2.12 bits per heavy atom. The number of unbranched alkanes of at least 4 members (excludes halogenated alkanes) is 2. The number of hydrogen-bond donors (Lipinski definition) is 1. The van der Waals surface area contributed by atoms with E-state index in [1.165, 1.54) is 19.3 Å². The first-order chi connectivity index (χ1) is 7.76. The van der Waals surface area contributed by atoms with Crippen LogP contribution in [0.5, 0.6) is 0 Å². The second-order valence-corrected chi connectivity index (χ2v) is 4.31. The molecule has 0 saturated carbocycles. The van der Waals surface area contributed by atoms with Crippen LogP contribution in [0.15, 0.2) is 18.3 Å². The summed E-state index contributed by atoms with van der Waals surface area (Å²) < 4.78 is 0. The van der Waals surface area contributed by atoms with E-state index in [1.807, 2.05) is 6.20 Å². The fourth-order valence-corrected chi connectivity index (χ4v) is 1.66. The first-order valence-corrected chi connectivity index (χ1v) is 6.08. The summed E-state index contributed by atoms with van der Waals surface area (Å²) in [6.07, 6.45) is 5.73. The van der Waals surface area contributed by atoms with Crippen LogP contribution in [0.3, 0.4) is 0 Å². The molecule has 0 atom stereocenters. The third kappa shape index (κ3) is 4.73. The molecule has 0 aliphatic rings. The normalized spacial score (nSPS) is 11.0. The lowest BCUT2D eigenvalue weighted by Crippen LogP contribution is -2.19. The van der Waals surface area contributed by atoms with Gasteiger partial charge in [0.2, 0.25) is 0 Å². The maximum Gasteiger partial charge on any atom is 0.0544 e. The van der Waals surface area contributed by atoms with Gasteiger partial charge in [-0.2, -0.15) is 0 Å². The van der Waals surface area contributed by atoms with E-state index in [-0.39, 0.29) is 0 Å². The van der Waals surface area contributed by atoms with Crippen LogP contribution in [0.25, 0.3) is 0 Å². The van der Waals surface area contributed by atoms with E-state index >= 15 is 0 Å². The summed E-state index contributed by atoms with van der Waals surface area (Å²) in [5.41, 5.74) is 7.75. The van der Waals surface area contributed by atoms with Gasteiger partial charge in [0.15, 0.2) is 0 Å². The molecule has 0 fully saturated rings. The van der Waals surface area contributed by atoms with Crippen LogP contribution in [0.2, 0.25) is 0 Å². The van der Waals surface area contributed by atoms with Crippen molar-refractivity contribution in [2.24, 2.45) is 5.73 Å². The van der Waals surface area contributed by atoms with Crippen molar-refractivity contribution in [3.8, 4) is 0 Å². The number of hydrogen-bond acceptors (Lipinski definition) is 3. The van der Waals surface area contributed by atoms with Gasteiger partial charge in [-0.1, -0.05) is 25.8 Å². The number of rotatable bonds is 7. The number of pyridine rings is 1. The van der Waals surface area contributed by atoms with Gasteiger partial charge < -0.3 is 10.6 Å². The third-order valence-corrected chi connectivity index (χ3v) is 2.70. The van der Waals surface area contributed by atoms with Crippen molar-refractivity contribution in [2.45, 2.75) is 39.3 Å². The van der Waals surface area contributed by atoms with Crippen molar-refractivity contribution in [3.63, 3.8) is 0 Å². The Hall–Kier alpha value is -0.930. The predicted octanol–water partition coefficient (Wildman–Crippen LogP) is 2.16. The molecule has 1 heterocycles. The van der Waals surface area contributed by atoms with Gasteiger partial charge in [0.25, 0.3) is 0 Å². The Bertz CT molecular complexity index is 282. The summed E-state index contributed by atoms with van der Waals surface area (Å²) >= 11 is 0. The quantitative estimate of drug-likeness (QED) is 0.717. The summed E-state index contributed by atoms with van der Waals surface area (Å²) in [4.78, 5) is 6.72. The zero-order valence-corrected chi connectivity index (χ0v) is 10.4. The molecule has 0 bridgehead atoms. The Morgan fingerprint density at radius 1 is 1.31 bits per heavy atom. The van der Waals surface area contributed by atoms with Crippen molar-refractivity contribution in [1.29, 1.82) is 0 Å². The fourth-order valence-electron chi connectivity index (χ4n) is 1.66. The maximum absolute atomic E-state index is 5.53. The van der Waals surface area contributed by atoms with E-state index in [2.05, 4.69) is 36.0 Å². The molecule has 0 aromatic carbocycles. The maximum atomic E-state index is 5.53. The topological polar surface area (TPSA) is 42.1 Å². The average molecular weight is 221 g/mol. The van der Waals surface area contributed by atoms with Gasteiger partial charge in [-0.25, -0.2) is 0 Å². The predicted molar refractivity (Wildman–Crippen MR) is 68.0 cm³/mol. The molecule has 0 saturated heterocycles. The van der Waals surface area contributed by atoms with Crippen LogP contribution < -0.4 is 5.73 Å². The molecule has 3 heteroatoms. The summed E-state index contributed by atoms with van der Waals surface area (Å²) in [7, 11) is 2.15. The Labute approximate surface area is 98.7 Å². The molecule has 2 N–H and O–H groups in total. The first-order valence-electron chi connectivity index (χ1n) is 6.08. The lowest BCUT2D eigenvalue weighted by molar-refractivity contribution is 0.314. The molecule has 1 rings (SSSR count). The third-order valence-electron chi connectivity index (χ3n) is 2.70. The highest BCUT2D eigenvalue weighted by Gasteiger charge is 2.01. The molecular weight excluding hydrogens is 198 g/mol. The van der Waals surface area contributed by atoms with Crippen LogP contribution in [0.4, 0.5) is 0 Å². The zero-order chi connectivity index (χ0) is 11.8. The zero-order valence-electron chi connectivity index (χ0n) is 10.4. The molecule has 0 radical (unpaired) electrons. The highest BCUT2D eigenvalue weighted by molar-refractivity contribution is 5.13. The largest absolute Gasteiger partial charge is 0.326 e. The lowest BCUT2D eigenvalue weighted by atomic mass is 10.2. The first kappa shape index (κ1) is 13.1. The molecule has 0 aliphatic carbocycles. The highest BCUT2D eigenvalue weighted by atomic mass is 15.1. The van der Waals surface area contributed by atoms with Crippen LogP contribution in [0, 0.1) is 0 Å².